The van der Waals surface area contributed by atoms with Crippen LogP contribution in [0, 0.1) is 13.8 Å². The highest BCUT2D eigenvalue weighted by atomic mass is 16.5. The standard InChI is InChI=1S/C13H17N3O/c1-4-17-12-7-5-11(6-8-12)16-13(14)9(2)10(3)15-16/h5-8H,4,14H2,1-3H3. The molecule has 1 aromatic carbocycles. The van der Waals surface area contributed by atoms with E-state index < -0.39 is 0 Å². The Morgan fingerprint density at radius 2 is 1.88 bits per heavy atom. The van der Waals surface area contributed by atoms with E-state index in [2.05, 4.69) is 5.10 Å². The fourth-order valence-electron chi connectivity index (χ4n) is 1.67. The molecular weight excluding hydrogens is 214 g/mol. The number of anilines is 1. The molecule has 0 saturated carbocycles. The number of nitrogens with two attached hydrogens (primary N) is 1. The SMILES string of the molecule is CCOc1ccc(-n2nc(C)c(C)c2N)cc1. The number of benzene rings is 1. The lowest BCUT2D eigenvalue weighted by atomic mass is 10.2. The Kier molecular flexibility index (Phi) is 3.04. The van der Waals surface area contributed by atoms with Gasteiger partial charge in [0.1, 0.15) is 11.6 Å². The Hall–Kier alpha value is -1.97. The van der Waals surface area contributed by atoms with Gasteiger partial charge in [0.15, 0.2) is 0 Å². The molecule has 0 aliphatic rings. The van der Waals surface area contributed by atoms with Gasteiger partial charge >= 0.3 is 0 Å². The lowest BCUT2D eigenvalue weighted by Crippen LogP contribution is -2.02. The van der Waals surface area contributed by atoms with Gasteiger partial charge in [-0.3, -0.25) is 0 Å². The molecule has 0 bridgehead atoms. The van der Waals surface area contributed by atoms with Crippen molar-refractivity contribution in [2.24, 2.45) is 0 Å². The number of ether oxygens (including phenoxy) is 1. The molecule has 0 saturated heterocycles. The van der Waals surface area contributed by atoms with E-state index in [1.165, 1.54) is 0 Å². The molecule has 2 rings (SSSR count). The van der Waals surface area contributed by atoms with Crippen molar-refractivity contribution in [3.63, 3.8) is 0 Å². The van der Waals surface area contributed by atoms with Gasteiger partial charge in [-0.15, -0.1) is 0 Å². The first kappa shape index (κ1) is 11.5. The molecule has 4 nitrogen and oxygen atoms in total. The summed E-state index contributed by atoms with van der Waals surface area (Å²) in [6.07, 6.45) is 0. The fraction of sp³-hybridized carbons (Fsp3) is 0.308. The summed E-state index contributed by atoms with van der Waals surface area (Å²) < 4.78 is 7.15. The first-order valence-electron chi connectivity index (χ1n) is 5.68. The normalized spacial score (nSPS) is 10.5. The van der Waals surface area contributed by atoms with Gasteiger partial charge in [0.25, 0.3) is 0 Å². The molecule has 0 aliphatic heterocycles. The molecule has 1 heterocycles. The third-order valence-electron chi connectivity index (χ3n) is 2.80. The van der Waals surface area contributed by atoms with E-state index in [0.29, 0.717) is 12.4 Å². The molecule has 90 valence electrons. The zero-order chi connectivity index (χ0) is 12.4. The second-order valence-electron chi connectivity index (χ2n) is 3.93. The largest absolute Gasteiger partial charge is 0.494 e. The van der Waals surface area contributed by atoms with Gasteiger partial charge in [0.2, 0.25) is 0 Å². The van der Waals surface area contributed by atoms with Gasteiger partial charge in [-0.05, 0) is 45.0 Å². The minimum atomic E-state index is 0.668. The van der Waals surface area contributed by atoms with Crippen LogP contribution in [0.5, 0.6) is 5.75 Å². The minimum Gasteiger partial charge on any atom is -0.494 e. The van der Waals surface area contributed by atoms with E-state index in [-0.39, 0.29) is 0 Å². The summed E-state index contributed by atoms with van der Waals surface area (Å²) in [5.41, 5.74) is 8.93. The first-order valence-corrected chi connectivity index (χ1v) is 5.68. The van der Waals surface area contributed by atoms with Crippen LogP contribution in [0.4, 0.5) is 5.82 Å². The Morgan fingerprint density at radius 1 is 1.24 bits per heavy atom. The Morgan fingerprint density at radius 3 is 2.35 bits per heavy atom. The summed E-state index contributed by atoms with van der Waals surface area (Å²) in [5.74, 6) is 1.54. The molecule has 0 aliphatic carbocycles. The number of hydrogen-bond acceptors (Lipinski definition) is 3. The zero-order valence-corrected chi connectivity index (χ0v) is 10.4. The van der Waals surface area contributed by atoms with Crippen LogP contribution in [0.1, 0.15) is 18.2 Å². The monoisotopic (exact) mass is 231 g/mol. The average Bonchev–Trinajstić information content (AvgIpc) is 2.59. The third-order valence-corrected chi connectivity index (χ3v) is 2.80. The van der Waals surface area contributed by atoms with Crippen molar-refractivity contribution >= 4 is 5.82 Å². The number of nitrogen functional groups attached to an aromatic ring is 1. The molecule has 0 spiro atoms. The molecule has 0 unspecified atom stereocenters. The summed E-state index contributed by atoms with van der Waals surface area (Å²) >= 11 is 0. The van der Waals surface area contributed by atoms with Gasteiger partial charge in [-0.2, -0.15) is 5.10 Å². The van der Waals surface area contributed by atoms with Crippen molar-refractivity contribution in [1.29, 1.82) is 0 Å². The van der Waals surface area contributed by atoms with Gasteiger partial charge in [-0.1, -0.05) is 0 Å². The number of rotatable bonds is 3. The second kappa shape index (κ2) is 4.49. The molecule has 0 amide bonds. The predicted octanol–water partition coefficient (Wildman–Crippen LogP) is 2.47. The van der Waals surface area contributed by atoms with Gasteiger partial charge in [0.05, 0.1) is 18.0 Å². The number of hydrogen-bond donors (Lipinski definition) is 1. The molecular formula is C13H17N3O. The van der Waals surface area contributed by atoms with E-state index in [1.54, 1.807) is 4.68 Å². The fourth-order valence-corrected chi connectivity index (χ4v) is 1.67. The van der Waals surface area contributed by atoms with E-state index in [4.69, 9.17) is 10.5 Å². The van der Waals surface area contributed by atoms with Crippen LogP contribution < -0.4 is 10.5 Å². The average molecular weight is 231 g/mol. The van der Waals surface area contributed by atoms with Crippen LogP contribution in [0.15, 0.2) is 24.3 Å². The van der Waals surface area contributed by atoms with Crippen LogP contribution in [-0.4, -0.2) is 16.4 Å². The maximum absolute atomic E-state index is 6.00. The van der Waals surface area contributed by atoms with Crippen LogP contribution in [0.3, 0.4) is 0 Å². The van der Waals surface area contributed by atoms with Gasteiger partial charge < -0.3 is 10.5 Å². The highest BCUT2D eigenvalue weighted by Gasteiger charge is 2.09. The lowest BCUT2D eigenvalue weighted by Gasteiger charge is -2.06. The summed E-state index contributed by atoms with van der Waals surface area (Å²) in [4.78, 5) is 0. The van der Waals surface area contributed by atoms with Crippen molar-refractivity contribution in [1.82, 2.24) is 9.78 Å². The zero-order valence-electron chi connectivity index (χ0n) is 10.4. The molecule has 4 heteroatoms. The van der Waals surface area contributed by atoms with Crippen LogP contribution in [0.25, 0.3) is 5.69 Å². The van der Waals surface area contributed by atoms with Crippen LogP contribution in [0.2, 0.25) is 0 Å². The predicted molar refractivity (Wildman–Crippen MR) is 68.6 cm³/mol. The number of nitrogens with zero attached hydrogens (tertiary/aromatic N) is 2. The molecule has 2 aromatic rings. The van der Waals surface area contributed by atoms with Crippen LogP contribution in [-0.2, 0) is 0 Å². The Balaban J connectivity index is 2.36. The van der Waals surface area contributed by atoms with Crippen molar-refractivity contribution < 1.29 is 4.74 Å². The van der Waals surface area contributed by atoms with Crippen molar-refractivity contribution in [2.75, 3.05) is 12.3 Å². The van der Waals surface area contributed by atoms with Gasteiger partial charge in [0, 0.05) is 5.56 Å². The van der Waals surface area contributed by atoms with Crippen molar-refractivity contribution in [3.05, 3.63) is 35.5 Å². The lowest BCUT2D eigenvalue weighted by molar-refractivity contribution is 0.340. The Labute approximate surface area is 101 Å². The minimum absolute atomic E-state index is 0.668. The summed E-state index contributed by atoms with van der Waals surface area (Å²) in [5, 5.41) is 4.41. The number of aryl methyl sites for hydroxylation is 1. The second-order valence-corrected chi connectivity index (χ2v) is 3.93. The number of aromatic nitrogens is 2. The maximum atomic E-state index is 6.00. The topological polar surface area (TPSA) is 53.1 Å². The van der Waals surface area contributed by atoms with E-state index in [9.17, 15) is 0 Å². The van der Waals surface area contributed by atoms with E-state index in [1.807, 2.05) is 45.0 Å². The highest BCUT2D eigenvalue weighted by molar-refractivity contribution is 5.49. The first-order chi connectivity index (χ1) is 8.13. The van der Waals surface area contributed by atoms with E-state index in [0.717, 1.165) is 22.7 Å². The van der Waals surface area contributed by atoms with Crippen molar-refractivity contribution in [3.8, 4) is 11.4 Å². The smallest absolute Gasteiger partial charge is 0.130 e. The summed E-state index contributed by atoms with van der Waals surface area (Å²) in [7, 11) is 0. The maximum Gasteiger partial charge on any atom is 0.130 e. The molecule has 1 aromatic heterocycles. The summed E-state index contributed by atoms with van der Waals surface area (Å²) in [6.45, 7) is 6.56. The van der Waals surface area contributed by atoms with E-state index >= 15 is 0 Å². The molecule has 2 N–H and O–H groups in total. The van der Waals surface area contributed by atoms with Crippen molar-refractivity contribution in [2.45, 2.75) is 20.8 Å². The van der Waals surface area contributed by atoms with Gasteiger partial charge in [-0.25, -0.2) is 4.68 Å². The molecule has 17 heavy (non-hydrogen) atoms. The summed E-state index contributed by atoms with van der Waals surface area (Å²) in [6, 6.07) is 7.75. The molecule has 0 radical (unpaired) electrons. The van der Waals surface area contributed by atoms with Crippen LogP contribution >= 0.6 is 0 Å². The molecule has 0 atom stereocenters. The third kappa shape index (κ3) is 2.11. The Bertz CT molecular complexity index is 514. The quantitative estimate of drug-likeness (QED) is 0.882. The highest BCUT2D eigenvalue weighted by Crippen LogP contribution is 2.21. The molecule has 0 fully saturated rings.